The van der Waals surface area contributed by atoms with Gasteiger partial charge in [0, 0.05) is 11.8 Å². The topological polar surface area (TPSA) is 30.0 Å². The summed E-state index contributed by atoms with van der Waals surface area (Å²) in [5.74, 6) is 0. The summed E-state index contributed by atoms with van der Waals surface area (Å²) in [5.41, 5.74) is 2.14. The molecule has 2 nitrogen and oxygen atoms in total. The summed E-state index contributed by atoms with van der Waals surface area (Å²) in [6.07, 6.45) is 1.67. The van der Waals surface area contributed by atoms with E-state index in [9.17, 15) is 4.79 Å². The number of hydrogen-bond acceptors (Lipinski definition) is 2. The van der Waals surface area contributed by atoms with Crippen molar-refractivity contribution in [2.75, 3.05) is 0 Å². The van der Waals surface area contributed by atoms with E-state index in [2.05, 4.69) is 17.6 Å². The van der Waals surface area contributed by atoms with Crippen molar-refractivity contribution in [3.63, 3.8) is 0 Å². The van der Waals surface area contributed by atoms with E-state index in [-0.39, 0.29) is 5.12 Å². The number of aromatic nitrogens is 1. The molecule has 0 unspecified atom stereocenters. The molecule has 0 atom stereocenters. The van der Waals surface area contributed by atoms with Crippen LogP contribution in [0.4, 0.5) is 0 Å². The number of nitrogens with zero attached hydrogens (tertiary/aromatic N) is 1. The molecule has 2 rings (SSSR count). The van der Waals surface area contributed by atoms with E-state index < -0.39 is 0 Å². The first-order chi connectivity index (χ1) is 7.29. The average molecular weight is 215 g/mol. The van der Waals surface area contributed by atoms with Gasteiger partial charge in [0.25, 0.3) is 0 Å². The zero-order valence-electron chi connectivity index (χ0n) is 7.92. The Morgan fingerprint density at radius 3 is 2.47 bits per heavy atom. The van der Waals surface area contributed by atoms with Gasteiger partial charge in [0.05, 0.1) is 11.3 Å². The van der Waals surface area contributed by atoms with Crippen LogP contribution in [0.3, 0.4) is 0 Å². The second-order valence-electron chi connectivity index (χ2n) is 3.07. The molecule has 0 saturated carbocycles. The summed E-state index contributed by atoms with van der Waals surface area (Å²) in [6, 6.07) is 13.0. The number of pyridine rings is 1. The fourth-order valence-electron chi connectivity index (χ4n) is 1.40. The lowest BCUT2D eigenvalue weighted by Crippen LogP contribution is -1.95. The third kappa shape index (κ3) is 2.07. The van der Waals surface area contributed by atoms with Gasteiger partial charge in [-0.25, -0.2) is 0 Å². The largest absolute Gasteiger partial charge is 0.282 e. The highest BCUT2D eigenvalue weighted by atomic mass is 32.1. The van der Waals surface area contributed by atoms with E-state index in [1.807, 2.05) is 30.3 Å². The Morgan fingerprint density at radius 1 is 1.07 bits per heavy atom. The van der Waals surface area contributed by atoms with Crippen molar-refractivity contribution in [2.45, 2.75) is 0 Å². The van der Waals surface area contributed by atoms with Crippen LogP contribution in [0.15, 0.2) is 48.7 Å². The van der Waals surface area contributed by atoms with Gasteiger partial charge in [0.2, 0.25) is 5.12 Å². The fourth-order valence-corrected chi connectivity index (χ4v) is 1.58. The lowest BCUT2D eigenvalue weighted by molar-refractivity contribution is 0.109. The summed E-state index contributed by atoms with van der Waals surface area (Å²) in [4.78, 5) is 15.5. The normalized spacial score (nSPS) is 9.93. The van der Waals surface area contributed by atoms with Crippen LogP contribution in [0, 0.1) is 0 Å². The SMILES string of the molecule is O=C(S)c1cccnc1-c1ccccc1. The van der Waals surface area contributed by atoms with Gasteiger partial charge in [-0.2, -0.15) is 0 Å². The fraction of sp³-hybridized carbons (Fsp3) is 0. The maximum Gasteiger partial charge on any atom is 0.218 e. The maximum atomic E-state index is 11.3. The minimum atomic E-state index is -0.262. The molecule has 2 aromatic rings. The van der Waals surface area contributed by atoms with Crippen LogP contribution in [0.5, 0.6) is 0 Å². The second kappa shape index (κ2) is 4.28. The molecule has 0 radical (unpaired) electrons. The number of benzene rings is 1. The predicted molar refractivity (Wildman–Crippen MR) is 63.0 cm³/mol. The van der Waals surface area contributed by atoms with E-state index in [4.69, 9.17) is 0 Å². The summed E-state index contributed by atoms with van der Waals surface area (Å²) < 4.78 is 0. The molecule has 0 aliphatic carbocycles. The van der Waals surface area contributed by atoms with Gasteiger partial charge < -0.3 is 0 Å². The molecule has 0 spiro atoms. The van der Waals surface area contributed by atoms with Crippen molar-refractivity contribution in [1.29, 1.82) is 0 Å². The number of hydrogen-bond donors (Lipinski definition) is 1. The average Bonchev–Trinajstić information content (AvgIpc) is 2.30. The van der Waals surface area contributed by atoms with Crippen LogP contribution in [0.25, 0.3) is 11.3 Å². The summed E-state index contributed by atoms with van der Waals surface area (Å²) in [5, 5.41) is -0.262. The van der Waals surface area contributed by atoms with Crippen LogP contribution < -0.4 is 0 Å². The molecular formula is C12H9NOS. The molecule has 0 aliphatic heterocycles. The second-order valence-corrected chi connectivity index (χ2v) is 3.48. The van der Waals surface area contributed by atoms with Crippen molar-refractivity contribution < 1.29 is 4.79 Å². The number of carbonyl (C=O) groups is 1. The van der Waals surface area contributed by atoms with Gasteiger partial charge in [-0.15, -0.1) is 12.6 Å². The van der Waals surface area contributed by atoms with Crippen LogP contribution in [0.1, 0.15) is 10.4 Å². The number of rotatable bonds is 2. The number of carbonyl (C=O) groups excluding carboxylic acids is 1. The zero-order valence-corrected chi connectivity index (χ0v) is 8.82. The Hall–Kier alpha value is -1.61. The molecule has 74 valence electrons. The molecule has 0 saturated heterocycles. The summed E-state index contributed by atoms with van der Waals surface area (Å²) in [6.45, 7) is 0. The molecule has 15 heavy (non-hydrogen) atoms. The maximum absolute atomic E-state index is 11.3. The van der Waals surface area contributed by atoms with Crippen molar-refractivity contribution >= 4 is 17.7 Å². The van der Waals surface area contributed by atoms with Gasteiger partial charge in [0.1, 0.15) is 0 Å². The highest BCUT2D eigenvalue weighted by Gasteiger charge is 2.09. The molecule has 0 bridgehead atoms. The molecule has 0 fully saturated rings. The first kappa shape index (κ1) is 9.93. The Morgan fingerprint density at radius 2 is 1.80 bits per heavy atom. The predicted octanol–water partition coefficient (Wildman–Crippen LogP) is 2.82. The molecule has 3 heteroatoms. The molecule has 0 N–H and O–H groups in total. The molecule has 0 amide bonds. The molecule has 1 heterocycles. The van der Waals surface area contributed by atoms with Crippen molar-refractivity contribution in [3.8, 4) is 11.3 Å². The Bertz CT molecular complexity index is 482. The Labute approximate surface area is 93.4 Å². The van der Waals surface area contributed by atoms with E-state index in [1.54, 1.807) is 18.3 Å². The van der Waals surface area contributed by atoms with Crippen molar-refractivity contribution in [1.82, 2.24) is 4.98 Å². The highest BCUT2D eigenvalue weighted by molar-refractivity contribution is 7.97. The summed E-state index contributed by atoms with van der Waals surface area (Å²) in [7, 11) is 0. The van der Waals surface area contributed by atoms with Gasteiger partial charge in [-0.1, -0.05) is 30.3 Å². The molecular weight excluding hydrogens is 206 g/mol. The van der Waals surface area contributed by atoms with Crippen molar-refractivity contribution in [2.24, 2.45) is 0 Å². The van der Waals surface area contributed by atoms with E-state index >= 15 is 0 Å². The van der Waals surface area contributed by atoms with Crippen molar-refractivity contribution in [3.05, 3.63) is 54.2 Å². The lowest BCUT2D eigenvalue weighted by atomic mass is 10.1. The quantitative estimate of drug-likeness (QED) is 0.781. The van der Waals surface area contributed by atoms with E-state index in [0.717, 1.165) is 5.56 Å². The van der Waals surface area contributed by atoms with Crippen LogP contribution in [-0.4, -0.2) is 10.1 Å². The van der Waals surface area contributed by atoms with Gasteiger partial charge >= 0.3 is 0 Å². The van der Waals surface area contributed by atoms with Gasteiger partial charge in [0.15, 0.2) is 0 Å². The minimum absolute atomic E-state index is 0.262. The smallest absolute Gasteiger partial charge is 0.218 e. The molecule has 1 aromatic carbocycles. The first-order valence-corrected chi connectivity index (χ1v) is 4.97. The number of thiol groups is 1. The zero-order chi connectivity index (χ0) is 10.7. The standard InChI is InChI=1S/C12H9NOS/c14-12(15)10-7-4-8-13-11(10)9-5-2-1-3-6-9/h1-8H,(H,14,15). The van der Waals surface area contributed by atoms with E-state index in [1.165, 1.54) is 0 Å². The van der Waals surface area contributed by atoms with Gasteiger partial charge in [-0.3, -0.25) is 9.78 Å². The first-order valence-electron chi connectivity index (χ1n) is 4.53. The third-order valence-electron chi connectivity index (χ3n) is 2.09. The van der Waals surface area contributed by atoms with Crippen LogP contribution in [-0.2, 0) is 0 Å². The molecule has 0 aliphatic rings. The Balaban J connectivity index is 2.58. The monoisotopic (exact) mass is 215 g/mol. The highest BCUT2D eigenvalue weighted by Crippen LogP contribution is 2.21. The lowest BCUT2D eigenvalue weighted by Gasteiger charge is -2.04. The third-order valence-corrected chi connectivity index (χ3v) is 2.33. The molecule has 1 aromatic heterocycles. The minimum Gasteiger partial charge on any atom is -0.282 e. The van der Waals surface area contributed by atoms with Crippen LogP contribution in [0.2, 0.25) is 0 Å². The van der Waals surface area contributed by atoms with Crippen LogP contribution >= 0.6 is 12.6 Å². The summed E-state index contributed by atoms with van der Waals surface area (Å²) >= 11 is 3.83. The van der Waals surface area contributed by atoms with E-state index in [0.29, 0.717) is 11.3 Å². The van der Waals surface area contributed by atoms with Gasteiger partial charge in [-0.05, 0) is 12.1 Å². The Kier molecular flexibility index (Phi) is 2.83.